The van der Waals surface area contributed by atoms with Crippen molar-refractivity contribution in [2.24, 2.45) is 0 Å². The zero-order valence-electron chi connectivity index (χ0n) is 11.7. The zero-order valence-corrected chi connectivity index (χ0v) is 11.7. The summed E-state index contributed by atoms with van der Waals surface area (Å²) in [6.45, 7) is 6.05. The second-order valence-electron chi connectivity index (χ2n) is 4.86. The molecule has 4 nitrogen and oxygen atoms in total. The number of benzene rings is 1. The minimum Gasteiger partial charge on any atom is -0.255 e. The molecule has 0 spiro atoms. The molecule has 0 aliphatic carbocycles. The van der Waals surface area contributed by atoms with E-state index >= 15 is 0 Å². The molecule has 0 radical (unpaired) electrons. The summed E-state index contributed by atoms with van der Waals surface area (Å²) in [6, 6.07) is 10.0. The minimum atomic E-state index is 0.536. The van der Waals surface area contributed by atoms with Gasteiger partial charge < -0.3 is 0 Å². The highest BCUT2D eigenvalue weighted by Crippen LogP contribution is 2.26. The van der Waals surface area contributed by atoms with E-state index in [2.05, 4.69) is 16.2 Å². The van der Waals surface area contributed by atoms with Gasteiger partial charge in [0.1, 0.15) is 6.07 Å². The van der Waals surface area contributed by atoms with Gasteiger partial charge in [-0.05, 0) is 32.4 Å². The molecule has 0 aliphatic rings. The third-order valence-electron chi connectivity index (χ3n) is 3.73. The highest BCUT2D eigenvalue weighted by atomic mass is 15.3. The summed E-state index contributed by atoms with van der Waals surface area (Å²) in [7, 11) is 0. The summed E-state index contributed by atoms with van der Waals surface area (Å²) in [5.41, 5.74) is 5.39. The summed E-state index contributed by atoms with van der Waals surface area (Å²) < 4.78 is 1.85. The van der Waals surface area contributed by atoms with Gasteiger partial charge in [-0.2, -0.15) is 10.4 Å². The SMILES string of the molecule is Cc1nn(-c2c(C#N)cnc3ccccc23)c(C)c1C. The molecule has 2 aromatic heterocycles. The molecule has 3 aromatic rings. The second kappa shape index (κ2) is 4.46. The average Bonchev–Trinajstić information content (AvgIpc) is 2.73. The Morgan fingerprint density at radius 2 is 1.90 bits per heavy atom. The van der Waals surface area contributed by atoms with Gasteiger partial charge in [0.2, 0.25) is 0 Å². The van der Waals surface area contributed by atoms with Crippen molar-refractivity contribution in [2.45, 2.75) is 20.8 Å². The highest BCUT2D eigenvalue weighted by Gasteiger charge is 2.15. The first kappa shape index (κ1) is 12.4. The van der Waals surface area contributed by atoms with Crippen LogP contribution in [-0.4, -0.2) is 14.8 Å². The number of aryl methyl sites for hydroxylation is 1. The average molecular weight is 262 g/mol. The maximum atomic E-state index is 9.38. The quantitative estimate of drug-likeness (QED) is 0.676. The van der Waals surface area contributed by atoms with Gasteiger partial charge in [-0.15, -0.1) is 0 Å². The normalized spacial score (nSPS) is 10.7. The van der Waals surface area contributed by atoms with E-state index in [-0.39, 0.29) is 0 Å². The Labute approximate surface area is 117 Å². The fourth-order valence-electron chi connectivity index (χ4n) is 2.38. The predicted molar refractivity (Wildman–Crippen MR) is 77.8 cm³/mol. The van der Waals surface area contributed by atoms with Crippen LogP contribution in [0.15, 0.2) is 30.5 Å². The molecule has 0 unspecified atom stereocenters. The molecule has 0 N–H and O–H groups in total. The smallest absolute Gasteiger partial charge is 0.103 e. The molecule has 0 saturated carbocycles. The van der Waals surface area contributed by atoms with Gasteiger partial charge in [0, 0.05) is 17.3 Å². The molecule has 1 aromatic carbocycles. The standard InChI is InChI=1S/C16H14N4/c1-10-11(2)19-20(12(10)3)16-13(8-17)9-18-15-7-5-4-6-14(15)16/h4-7,9H,1-3H3. The summed E-state index contributed by atoms with van der Waals surface area (Å²) >= 11 is 0. The first-order valence-electron chi connectivity index (χ1n) is 6.44. The van der Waals surface area contributed by atoms with Gasteiger partial charge in [-0.25, -0.2) is 4.68 Å². The van der Waals surface area contributed by atoms with E-state index in [0.717, 1.165) is 33.5 Å². The van der Waals surface area contributed by atoms with Crippen LogP contribution in [0.5, 0.6) is 0 Å². The molecule has 0 amide bonds. The summed E-state index contributed by atoms with van der Waals surface area (Å²) in [5, 5.41) is 14.9. The number of aromatic nitrogens is 3. The lowest BCUT2D eigenvalue weighted by atomic mass is 10.1. The Hall–Kier alpha value is -2.67. The van der Waals surface area contributed by atoms with Gasteiger partial charge in [-0.1, -0.05) is 18.2 Å². The maximum absolute atomic E-state index is 9.38. The van der Waals surface area contributed by atoms with Crippen LogP contribution in [0.1, 0.15) is 22.5 Å². The largest absolute Gasteiger partial charge is 0.255 e. The van der Waals surface area contributed by atoms with Crippen molar-refractivity contribution in [3.63, 3.8) is 0 Å². The molecule has 4 heteroatoms. The molecule has 2 heterocycles. The van der Waals surface area contributed by atoms with E-state index in [1.807, 2.05) is 49.7 Å². The van der Waals surface area contributed by atoms with Crippen molar-refractivity contribution in [1.82, 2.24) is 14.8 Å². The molecule has 0 saturated heterocycles. The maximum Gasteiger partial charge on any atom is 0.103 e. The van der Waals surface area contributed by atoms with E-state index in [9.17, 15) is 5.26 Å². The summed E-state index contributed by atoms with van der Waals surface area (Å²) in [4.78, 5) is 4.33. The van der Waals surface area contributed by atoms with E-state index in [1.54, 1.807) is 6.20 Å². The van der Waals surface area contributed by atoms with Crippen molar-refractivity contribution in [2.75, 3.05) is 0 Å². The van der Waals surface area contributed by atoms with Crippen LogP contribution < -0.4 is 0 Å². The number of rotatable bonds is 1. The van der Waals surface area contributed by atoms with Crippen LogP contribution in [0.3, 0.4) is 0 Å². The van der Waals surface area contributed by atoms with Crippen molar-refractivity contribution < 1.29 is 0 Å². The van der Waals surface area contributed by atoms with E-state index in [1.165, 1.54) is 0 Å². The Morgan fingerprint density at radius 1 is 1.15 bits per heavy atom. The molecule has 0 bridgehead atoms. The molecular weight excluding hydrogens is 248 g/mol. The summed E-state index contributed by atoms with van der Waals surface area (Å²) in [5.74, 6) is 0. The molecule has 0 fully saturated rings. The Bertz CT molecular complexity index is 853. The number of nitriles is 1. The van der Waals surface area contributed by atoms with Crippen molar-refractivity contribution in [1.29, 1.82) is 5.26 Å². The van der Waals surface area contributed by atoms with Crippen LogP contribution in [0.2, 0.25) is 0 Å². The minimum absolute atomic E-state index is 0.536. The van der Waals surface area contributed by atoms with Crippen molar-refractivity contribution in [3.05, 3.63) is 53.0 Å². The fourth-order valence-corrected chi connectivity index (χ4v) is 2.38. The van der Waals surface area contributed by atoms with E-state index < -0.39 is 0 Å². The van der Waals surface area contributed by atoms with Crippen LogP contribution >= 0.6 is 0 Å². The van der Waals surface area contributed by atoms with Gasteiger partial charge in [0.25, 0.3) is 0 Å². The lowest BCUT2D eigenvalue weighted by molar-refractivity contribution is 0.835. The number of fused-ring (bicyclic) bond motifs is 1. The zero-order chi connectivity index (χ0) is 14.3. The molecular formula is C16H14N4. The van der Waals surface area contributed by atoms with Crippen LogP contribution in [-0.2, 0) is 0 Å². The van der Waals surface area contributed by atoms with Gasteiger partial charge in [0.05, 0.1) is 22.5 Å². The first-order chi connectivity index (χ1) is 9.63. The lowest BCUT2D eigenvalue weighted by Gasteiger charge is -2.10. The van der Waals surface area contributed by atoms with Crippen LogP contribution in [0.25, 0.3) is 16.6 Å². The fraction of sp³-hybridized carbons (Fsp3) is 0.188. The second-order valence-corrected chi connectivity index (χ2v) is 4.86. The predicted octanol–water partition coefficient (Wildman–Crippen LogP) is 3.22. The lowest BCUT2D eigenvalue weighted by Crippen LogP contribution is -2.04. The number of para-hydroxylation sites is 1. The van der Waals surface area contributed by atoms with E-state index in [0.29, 0.717) is 5.56 Å². The molecule has 0 aliphatic heterocycles. The topological polar surface area (TPSA) is 54.5 Å². The van der Waals surface area contributed by atoms with Crippen molar-refractivity contribution in [3.8, 4) is 11.8 Å². The number of pyridine rings is 1. The third kappa shape index (κ3) is 1.68. The number of nitrogens with zero attached hydrogens (tertiary/aromatic N) is 4. The summed E-state index contributed by atoms with van der Waals surface area (Å²) in [6.07, 6.45) is 1.61. The van der Waals surface area contributed by atoms with Gasteiger partial charge in [-0.3, -0.25) is 4.98 Å². The number of hydrogen-bond acceptors (Lipinski definition) is 3. The first-order valence-corrected chi connectivity index (χ1v) is 6.44. The molecule has 98 valence electrons. The third-order valence-corrected chi connectivity index (χ3v) is 3.73. The molecule has 3 rings (SSSR count). The molecule has 20 heavy (non-hydrogen) atoms. The number of hydrogen-bond donors (Lipinski definition) is 0. The molecule has 0 atom stereocenters. The van der Waals surface area contributed by atoms with Crippen LogP contribution in [0.4, 0.5) is 0 Å². The van der Waals surface area contributed by atoms with Gasteiger partial charge >= 0.3 is 0 Å². The Morgan fingerprint density at radius 3 is 2.55 bits per heavy atom. The van der Waals surface area contributed by atoms with Gasteiger partial charge in [0.15, 0.2) is 0 Å². The highest BCUT2D eigenvalue weighted by molar-refractivity contribution is 5.89. The Balaban J connectivity index is 2.45. The van der Waals surface area contributed by atoms with Crippen molar-refractivity contribution >= 4 is 10.9 Å². The van der Waals surface area contributed by atoms with E-state index in [4.69, 9.17) is 0 Å². The monoisotopic (exact) mass is 262 g/mol. The Kier molecular flexibility index (Phi) is 2.76. The van der Waals surface area contributed by atoms with Crippen LogP contribution in [0, 0.1) is 32.1 Å².